The van der Waals surface area contributed by atoms with Gasteiger partial charge < -0.3 is 15.0 Å². The van der Waals surface area contributed by atoms with E-state index in [4.69, 9.17) is 16.3 Å². The molecule has 1 amide bonds. The number of amides is 1. The zero-order chi connectivity index (χ0) is 32.9. The van der Waals surface area contributed by atoms with E-state index in [0.717, 1.165) is 42.8 Å². The van der Waals surface area contributed by atoms with Crippen LogP contribution in [0, 0.1) is 11.7 Å². The Balaban J connectivity index is 1.31. The van der Waals surface area contributed by atoms with Crippen molar-refractivity contribution in [3.8, 4) is 11.4 Å². The van der Waals surface area contributed by atoms with Crippen LogP contribution in [-0.2, 0) is 22.4 Å². The third-order valence-corrected chi connectivity index (χ3v) is 9.03. The lowest BCUT2D eigenvalue weighted by Gasteiger charge is -2.37. The van der Waals surface area contributed by atoms with Crippen molar-refractivity contribution in [3.05, 3.63) is 106 Å². The van der Waals surface area contributed by atoms with Crippen LogP contribution < -0.4 is 10.1 Å². The second-order valence-corrected chi connectivity index (χ2v) is 12.2. The monoisotopic (exact) mass is 656 g/mol. The van der Waals surface area contributed by atoms with E-state index in [1.165, 1.54) is 41.1 Å². The molecule has 47 heavy (non-hydrogen) atoms. The number of hydrogen-bond donors (Lipinski definition) is 1. The Morgan fingerprint density at radius 2 is 1.87 bits per heavy atom. The third kappa shape index (κ3) is 7.16. The highest BCUT2D eigenvalue weighted by molar-refractivity contribution is 6.31. The summed E-state index contributed by atoms with van der Waals surface area (Å²) in [6.45, 7) is 4.25. The number of nitrogens with zero attached hydrogens (tertiary/aromatic N) is 5. The Bertz CT molecular complexity index is 1810. The summed E-state index contributed by atoms with van der Waals surface area (Å²) in [5.41, 5.74) is 3.20. The van der Waals surface area contributed by atoms with Crippen LogP contribution in [0.2, 0.25) is 5.02 Å². The summed E-state index contributed by atoms with van der Waals surface area (Å²) in [4.78, 5) is 41.3. The van der Waals surface area contributed by atoms with Crippen LogP contribution in [0.3, 0.4) is 0 Å². The molecule has 12 heteroatoms. The van der Waals surface area contributed by atoms with Crippen molar-refractivity contribution in [1.82, 2.24) is 30.4 Å². The predicted octanol–water partition coefficient (Wildman–Crippen LogP) is 4.99. The molecule has 242 valence electrons. The number of rotatable bonds is 10. The van der Waals surface area contributed by atoms with Crippen molar-refractivity contribution in [2.75, 3.05) is 26.2 Å². The molecule has 2 aliphatic heterocycles. The first-order chi connectivity index (χ1) is 22.8. The van der Waals surface area contributed by atoms with Crippen molar-refractivity contribution >= 4 is 35.2 Å². The van der Waals surface area contributed by atoms with Crippen LogP contribution in [0.4, 0.5) is 4.39 Å². The minimum absolute atomic E-state index is 0.0256. The van der Waals surface area contributed by atoms with Crippen LogP contribution in [0.1, 0.15) is 58.4 Å². The second-order valence-electron chi connectivity index (χ2n) is 11.8. The van der Waals surface area contributed by atoms with Gasteiger partial charge in [0, 0.05) is 35.7 Å². The number of hydrogen-bond acceptors (Lipinski definition) is 8. The Morgan fingerprint density at radius 3 is 2.60 bits per heavy atom. The molecule has 1 N–H and O–H groups in total. The molecular formula is C35H34ClFN6O4. The smallest absolute Gasteiger partial charge is 0.247 e. The number of benzene rings is 3. The second kappa shape index (κ2) is 14.4. The average Bonchev–Trinajstić information content (AvgIpc) is 3.63. The van der Waals surface area contributed by atoms with E-state index in [1.807, 2.05) is 18.2 Å². The maximum atomic E-state index is 15.2. The van der Waals surface area contributed by atoms with E-state index in [1.54, 1.807) is 30.3 Å². The standard InChI is InChI=1S/C35H34ClFN6O4/c1-22(44)25-7-5-23(6-8-25)19-31(45)35-27-3-2-4-32(47-20-24-13-16-38-17-14-24)26(27)15-18-42(35)33(46)12-9-28-30(43-21-39-40-41-43)11-10-29(36)34(28)37/h2-12,21,24,35,38H,13-20H2,1H3/b12-9+. The summed E-state index contributed by atoms with van der Waals surface area (Å²) >= 11 is 6.08. The van der Waals surface area contributed by atoms with Crippen LogP contribution in [0.15, 0.2) is 67.0 Å². The number of carbonyl (C=O) groups is 3. The van der Waals surface area contributed by atoms with E-state index in [2.05, 4.69) is 20.8 Å². The highest BCUT2D eigenvalue weighted by Crippen LogP contribution is 2.37. The molecule has 2 aliphatic rings. The molecule has 0 saturated carbocycles. The first kappa shape index (κ1) is 32.2. The molecule has 1 saturated heterocycles. The maximum Gasteiger partial charge on any atom is 0.247 e. The van der Waals surface area contributed by atoms with Crippen LogP contribution >= 0.6 is 11.6 Å². The van der Waals surface area contributed by atoms with Crippen molar-refractivity contribution in [1.29, 1.82) is 0 Å². The molecule has 0 radical (unpaired) electrons. The number of fused-ring (bicyclic) bond motifs is 1. The molecule has 1 fully saturated rings. The van der Waals surface area contributed by atoms with Gasteiger partial charge in [0.05, 0.1) is 17.3 Å². The van der Waals surface area contributed by atoms with E-state index >= 15 is 4.39 Å². The molecule has 4 aromatic rings. The first-order valence-electron chi connectivity index (χ1n) is 15.6. The summed E-state index contributed by atoms with van der Waals surface area (Å²) in [6.07, 6.45) is 6.48. The van der Waals surface area contributed by atoms with Gasteiger partial charge in [-0.15, -0.1) is 5.10 Å². The number of halogens is 2. The van der Waals surface area contributed by atoms with E-state index in [9.17, 15) is 14.4 Å². The molecule has 1 unspecified atom stereocenters. The van der Waals surface area contributed by atoms with Crippen molar-refractivity contribution in [3.63, 3.8) is 0 Å². The van der Waals surface area contributed by atoms with Crippen molar-refractivity contribution in [2.45, 2.75) is 38.6 Å². The Hall–Kier alpha value is -4.74. The summed E-state index contributed by atoms with van der Waals surface area (Å²) in [7, 11) is 0. The van der Waals surface area contributed by atoms with Gasteiger partial charge in [-0.2, -0.15) is 4.68 Å². The summed E-state index contributed by atoms with van der Waals surface area (Å²) < 4.78 is 22.9. The number of ketones is 2. The van der Waals surface area contributed by atoms with E-state index in [-0.39, 0.29) is 35.1 Å². The Labute approximate surface area is 276 Å². The minimum atomic E-state index is -0.908. The third-order valence-electron chi connectivity index (χ3n) is 8.74. The molecule has 1 atom stereocenters. The lowest BCUT2D eigenvalue weighted by atomic mass is 9.87. The zero-order valence-corrected chi connectivity index (χ0v) is 26.6. The lowest BCUT2D eigenvalue weighted by Crippen LogP contribution is -2.43. The topological polar surface area (TPSA) is 119 Å². The number of piperidine rings is 1. The van der Waals surface area contributed by atoms with Gasteiger partial charge in [-0.05, 0) is 91.0 Å². The summed E-state index contributed by atoms with van der Waals surface area (Å²) in [5.74, 6) is -0.293. The van der Waals surface area contributed by atoms with Crippen molar-refractivity contribution < 1.29 is 23.5 Å². The van der Waals surface area contributed by atoms with Gasteiger partial charge in [0.2, 0.25) is 5.91 Å². The Kier molecular flexibility index (Phi) is 9.84. The van der Waals surface area contributed by atoms with Gasteiger partial charge in [-0.1, -0.05) is 48.0 Å². The molecule has 6 rings (SSSR count). The number of carbonyl (C=O) groups excluding carboxylic acids is 3. The highest BCUT2D eigenvalue weighted by Gasteiger charge is 2.36. The van der Waals surface area contributed by atoms with Crippen molar-refractivity contribution in [2.24, 2.45) is 5.92 Å². The highest BCUT2D eigenvalue weighted by atomic mass is 35.5. The number of tetrazole rings is 1. The normalized spacial score (nSPS) is 16.7. The number of Topliss-reactive ketones (excluding diaryl/α,β-unsaturated/α-hetero) is 2. The van der Waals surface area contributed by atoms with Gasteiger partial charge in [-0.3, -0.25) is 14.4 Å². The lowest BCUT2D eigenvalue weighted by molar-refractivity contribution is -0.136. The fourth-order valence-electron chi connectivity index (χ4n) is 6.20. The summed E-state index contributed by atoms with van der Waals surface area (Å²) in [6, 6.07) is 14.6. The minimum Gasteiger partial charge on any atom is -0.493 e. The molecule has 0 bridgehead atoms. The van der Waals surface area contributed by atoms with Gasteiger partial charge in [0.25, 0.3) is 0 Å². The molecule has 10 nitrogen and oxygen atoms in total. The average molecular weight is 657 g/mol. The fraction of sp³-hybridized carbons (Fsp3) is 0.314. The SMILES string of the molecule is CC(=O)c1ccc(CC(=O)C2c3cccc(OCC4CCNCC4)c3CCN2C(=O)/C=C/c2c(-n3cnnn3)ccc(Cl)c2F)cc1. The van der Waals surface area contributed by atoms with Gasteiger partial charge in [0.15, 0.2) is 17.4 Å². The zero-order valence-electron chi connectivity index (χ0n) is 25.9. The number of aromatic nitrogens is 4. The van der Waals surface area contributed by atoms with E-state index < -0.39 is 17.8 Å². The molecule has 3 heterocycles. The first-order valence-corrected chi connectivity index (χ1v) is 16.0. The van der Waals surface area contributed by atoms with Gasteiger partial charge in [0.1, 0.15) is 18.1 Å². The number of nitrogens with one attached hydrogen (secondary N) is 1. The molecule has 3 aromatic carbocycles. The van der Waals surface area contributed by atoms with Gasteiger partial charge >= 0.3 is 0 Å². The Morgan fingerprint density at radius 1 is 1.09 bits per heavy atom. The largest absolute Gasteiger partial charge is 0.493 e. The molecule has 0 aliphatic carbocycles. The fourth-order valence-corrected chi connectivity index (χ4v) is 6.37. The van der Waals surface area contributed by atoms with Crippen LogP contribution in [-0.4, -0.2) is 68.8 Å². The molecule has 1 aromatic heterocycles. The summed E-state index contributed by atoms with van der Waals surface area (Å²) in [5, 5.41) is 14.3. The number of ether oxygens (including phenoxy) is 1. The van der Waals surface area contributed by atoms with Gasteiger partial charge in [-0.25, -0.2) is 4.39 Å². The molecule has 0 spiro atoms. The van der Waals surface area contributed by atoms with Crippen LogP contribution in [0.5, 0.6) is 5.75 Å². The molecular weight excluding hydrogens is 623 g/mol. The van der Waals surface area contributed by atoms with E-state index in [0.29, 0.717) is 35.8 Å². The maximum absolute atomic E-state index is 15.2. The van der Waals surface area contributed by atoms with Crippen LogP contribution in [0.25, 0.3) is 11.8 Å². The quantitative estimate of drug-likeness (QED) is 0.187. The predicted molar refractivity (Wildman–Crippen MR) is 174 cm³/mol.